The van der Waals surface area contributed by atoms with E-state index in [1.165, 1.54) is 100 Å². The van der Waals surface area contributed by atoms with Crippen LogP contribution in [0.4, 0.5) is 34.9 Å². The molecule has 93 heavy (non-hydrogen) atoms. The van der Waals surface area contributed by atoms with E-state index in [0.29, 0.717) is 29.0 Å². The fraction of sp³-hybridized carbons (Fsp3) is 0.391. The lowest BCUT2D eigenvalue weighted by Crippen LogP contribution is -2.37. The van der Waals surface area contributed by atoms with Crippen LogP contribution in [-0.2, 0) is 4.74 Å². The Hall–Kier alpha value is -9.78. The number of aryl methyl sites for hydroxylation is 3. The molecule has 24 nitrogen and oxygen atoms in total. The Balaban J connectivity index is 0.000000127. The van der Waals surface area contributed by atoms with Crippen LogP contribution in [0.15, 0.2) is 111 Å². The fourth-order valence-electron chi connectivity index (χ4n) is 12.9. The van der Waals surface area contributed by atoms with Crippen molar-refractivity contribution in [3.8, 4) is 0 Å². The van der Waals surface area contributed by atoms with Gasteiger partial charge in [0.2, 0.25) is 0 Å². The van der Waals surface area contributed by atoms with Gasteiger partial charge < -0.3 is 61.4 Å². The number of ether oxygens (including phenoxy) is 1. The van der Waals surface area contributed by atoms with Crippen molar-refractivity contribution >= 4 is 101 Å². The molecule has 0 radical (unpaired) electrons. The number of H-pyrrole nitrogens is 3. The topological polar surface area (TPSA) is 290 Å². The van der Waals surface area contributed by atoms with E-state index in [9.17, 15) is 0 Å². The molecule has 3 aliphatic heterocycles. The summed E-state index contributed by atoms with van der Waals surface area (Å²) in [6.07, 6.45) is 17.7. The van der Waals surface area contributed by atoms with Crippen molar-refractivity contribution in [2.75, 3.05) is 91.4 Å². The van der Waals surface area contributed by atoms with Crippen LogP contribution in [0.5, 0.6) is 0 Å². The second kappa shape index (κ2) is 28.4. The van der Waals surface area contributed by atoms with Crippen LogP contribution in [0.2, 0.25) is 0 Å². The number of hydrogen-bond acceptors (Lipinski definition) is 21. The Morgan fingerprint density at radius 2 is 0.871 bits per heavy atom. The summed E-state index contributed by atoms with van der Waals surface area (Å²) >= 11 is 0. The molecule has 0 amide bonds. The van der Waals surface area contributed by atoms with Gasteiger partial charge >= 0.3 is 0 Å². The van der Waals surface area contributed by atoms with Gasteiger partial charge in [0, 0.05) is 54.5 Å². The first kappa shape index (κ1) is 62.0. The van der Waals surface area contributed by atoms with Crippen molar-refractivity contribution in [2.24, 2.45) is 0 Å². The van der Waals surface area contributed by atoms with E-state index in [4.69, 9.17) is 19.7 Å². The predicted molar refractivity (Wildman–Crippen MR) is 371 cm³/mol. The third-order valence-electron chi connectivity index (χ3n) is 18.1. The molecular weight excluding hydrogens is 1170 g/mol. The molecule has 24 heteroatoms. The van der Waals surface area contributed by atoms with E-state index >= 15 is 0 Å². The minimum absolute atomic E-state index is 0.0376. The highest BCUT2D eigenvalue weighted by molar-refractivity contribution is 5.97. The van der Waals surface area contributed by atoms with Crippen LogP contribution in [0.1, 0.15) is 118 Å². The monoisotopic (exact) mass is 1250 g/mol. The first-order valence-electron chi connectivity index (χ1n) is 32.6. The number of aromatic amines is 3. The maximum absolute atomic E-state index is 5.51. The van der Waals surface area contributed by atoms with Crippen molar-refractivity contribution in [3.63, 3.8) is 0 Å². The number of hydrogen-bond donors (Lipinski definition) is 9. The van der Waals surface area contributed by atoms with Gasteiger partial charge in [-0.05, 0) is 164 Å². The number of rotatable bonds is 17. The SMILES string of the molecule is Cc1cccc2cc(C(C)Nc3ncnc4nc[nH]c34)nc(NC3CCN(C)CC3)c12.Cc1cccc2cc(C(C)Nc3ncnc4nc[nH]c34)nc(NC3CCOCC3)c12.Cc1cccc2cc(C(C)Nc3ncnc4nc[nH]c34)nc(NCCN3CCCCC3)c12. The largest absolute Gasteiger partial charge is 0.381 e. The number of piperidine rings is 2. The van der Waals surface area contributed by atoms with Crippen molar-refractivity contribution < 1.29 is 4.74 Å². The Morgan fingerprint density at radius 3 is 1.30 bits per heavy atom. The third kappa shape index (κ3) is 14.3. The minimum atomic E-state index is -0.0495. The lowest BCUT2D eigenvalue weighted by Gasteiger charge is -2.30. The third-order valence-corrected chi connectivity index (χ3v) is 18.1. The van der Waals surface area contributed by atoms with E-state index in [1.54, 1.807) is 19.0 Å². The van der Waals surface area contributed by atoms with E-state index in [-0.39, 0.29) is 18.1 Å². The zero-order valence-corrected chi connectivity index (χ0v) is 54.1. The van der Waals surface area contributed by atoms with Crippen LogP contribution in [-0.4, -0.2) is 156 Å². The van der Waals surface area contributed by atoms with Gasteiger partial charge in [-0.2, -0.15) is 0 Å². The zero-order chi connectivity index (χ0) is 63.8. The molecule has 3 unspecified atom stereocenters. The quantitative estimate of drug-likeness (QED) is 0.0409. The van der Waals surface area contributed by atoms with Crippen LogP contribution < -0.4 is 31.9 Å². The molecule has 0 saturated carbocycles. The number of imidazole rings is 3. The van der Waals surface area contributed by atoms with Crippen LogP contribution in [0.25, 0.3) is 65.8 Å². The van der Waals surface area contributed by atoms with Gasteiger partial charge in [-0.25, -0.2) is 59.8 Å². The zero-order valence-electron chi connectivity index (χ0n) is 54.1. The molecule has 0 bridgehead atoms. The molecule has 0 spiro atoms. The Kier molecular flexibility index (Phi) is 18.9. The van der Waals surface area contributed by atoms with E-state index < -0.39 is 0 Å². The van der Waals surface area contributed by atoms with Gasteiger partial charge in [0.25, 0.3) is 0 Å². The van der Waals surface area contributed by atoms with Crippen molar-refractivity contribution in [1.29, 1.82) is 0 Å². The average Bonchev–Trinajstić information content (AvgIpc) is 2.18. The molecule has 3 atom stereocenters. The van der Waals surface area contributed by atoms with Crippen LogP contribution >= 0.6 is 0 Å². The Bertz CT molecular complexity index is 4510. The van der Waals surface area contributed by atoms with Gasteiger partial charge in [-0.15, -0.1) is 0 Å². The summed E-state index contributed by atoms with van der Waals surface area (Å²) < 4.78 is 5.51. The fourth-order valence-corrected chi connectivity index (χ4v) is 12.9. The first-order valence-corrected chi connectivity index (χ1v) is 32.6. The number of aromatic nitrogens is 15. The number of benzene rings is 3. The Labute approximate surface area is 540 Å². The highest BCUT2D eigenvalue weighted by Gasteiger charge is 2.24. The van der Waals surface area contributed by atoms with Gasteiger partial charge in [-0.1, -0.05) is 61.0 Å². The summed E-state index contributed by atoms with van der Waals surface area (Å²) in [5.41, 5.74) is 10.9. The molecule has 480 valence electrons. The lowest BCUT2D eigenvalue weighted by molar-refractivity contribution is 0.0904. The van der Waals surface area contributed by atoms with Crippen molar-refractivity contribution in [3.05, 3.63) is 145 Å². The molecule has 12 aromatic rings. The highest BCUT2D eigenvalue weighted by atomic mass is 16.5. The number of nitrogens with one attached hydrogen (secondary N) is 9. The van der Waals surface area contributed by atoms with Gasteiger partial charge in [0.15, 0.2) is 34.4 Å². The molecule has 15 rings (SSSR count). The average molecular weight is 1250 g/mol. The molecule has 9 N–H and O–H groups in total. The van der Waals surface area contributed by atoms with Gasteiger partial charge in [0.05, 0.1) is 54.2 Å². The summed E-state index contributed by atoms with van der Waals surface area (Å²) in [4.78, 5) is 67.8. The standard InChI is InChI=1S/C24H30N8.C23H28N8.C22H25N7O/c1-16-7-6-8-18-13-19(17(2)30-24-21-23(27-14-26-21)28-15-29-24)31-22(20(16)18)25-9-12-32-10-4-3-5-11-32;1-14-5-4-6-16-11-18(15(2)28-23-20-22(25-12-24-20)26-13-27-23)30-21(19(14)16)29-17-7-9-31(3)10-8-17;1-13-4-3-5-15-10-17(29-20(18(13)15)28-16-6-8-30-9-7-16)14(2)27-22-19-21(24-11-23-19)25-12-26-22/h6-8,13-15,17H,3-5,9-12H2,1-2H3,(H,25,31)(H2,26,27,28,29,30);4-6,11-13,15,17H,7-10H2,1-3H3,(H,29,30)(H2,24,25,26,27,28);3-5,10-12,14,16H,6-9H2,1-2H3,(H,28,29)(H2,23,24,25,26,27). The van der Waals surface area contributed by atoms with E-state index in [1.807, 2.05) is 0 Å². The summed E-state index contributed by atoms with van der Waals surface area (Å²) in [5, 5.41) is 28.7. The molecule has 3 fully saturated rings. The number of fused-ring (bicyclic) bond motifs is 6. The molecule has 3 saturated heterocycles. The normalized spacial score (nSPS) is 16.2. The van der Waals surface area contributed by atoms with E-state index in [0.717, 1.165) is 134 Å². The van der Waals surface area contributed by atoms with Crippen LogP contribution in [0, 0.1) is 20.8 Å². The Morgan fingerprint density at radius 1 is 0.473 bits per heavy atom. The van der Waals surface area contributed by atoms with Crippen molar-refractivity contribution in [1.82, 2.24) is 84.6 Å². The molecule has 9 aromatic heterocycles. The molecule has 3 aromatic carbocycles. The molecular formula is C69H83N23O. The molecule has 0 aliphatic carbocycles. The van der Waals surface area contributed by atoms with Gasteiger partial charge in [0.1, 0.15) is 53.0 Å². The van der Waals surface area contributed by atoms with E-state index in [2.05, 4.69) is 223 Å². The summed E-state index contributed by atoms with van der Waals surface area (Å²) in [6.45, 7) is 20.9. The summed E-state index contributed by atoms with van der Waals surface area (Å²) in [7, 11) is 2.19. The first-order chi connectivity index (χ1) is 45.5. The minimum Gasteiger partial charge on any atom is -0.381 e. The highest BCUT2D eigenvalue weighted by Crippen LogP contribution is 2.35. The predicted octanol–water partition coefficient (Wildman–Crippen LogP) is 12.1. The second-order valence-electron chi connectivity index (χ2n) is 24.9. The second-order valence-corrected chi connectivity index (χ2v) is 24.9. The maximum atomic E-state index is 5.51. The van der Waals surface area contributed by atoms with Crippen molar-refractivity contribution in [2.45, 2.75) is 117 Å². The maximum Gasteiger partial charge on any atom is 0.182 e. The lowest BCUT2D eigenvalue weighted by atomic mass is 10.0. The number of likely N-dealkylation sites (tertiary alicyclic amines) is 2. The van der Waals surface area contributed by atoms with Gasteiger partial charge in [-0.3, -0.25) is 0 Å². The number of anilines is 6. The number of pyridine rings is 3. The van der Waals surface area contributed by atoms with Crippen LogP contribution in [0.3, 0.4) is 0 Å². The summed E-state index contributed by atoms with van der Waals surface area (Å²) in [5.74, 6) is 5.04. The molecule has 12 heterocycles. The number of nitrogens with zero attached hydrogens (tertiary/aromatic N) is 14. The smallest absolute Gasteiger partial charge is 0.182 e. The molecule has 3 aliphatic rings. The summed E-state index contributed by atoms with van der Waals surface area (Å²) in [6, 6.07) is 26.4.